The number of amides is 1. The molecule has 0 bridgehead atoms. The average Bonchev–Trinajstić information content (AvgIpc) is 2.69. The minimum atomic E-state index is 0.234. The lowest BCUT2D eigenvalue weighted by atomic mass is 9.83. The minimum Gasteiger partial charge on any atom is -0.343 e. The summed E-state index contributed by atoms with van der Waals surface area (Å²) in [5.74, 6) is 0.875. The van der Waals surface area contributed by atoms with E-state index >= 15 is 0 Å². The first-order valence-electron chi connectivity index (χ1n) is 10.3. The number of benzene rings is 2. The second-order valence-corrected chi connectivity index (χ2v) is 8.21. The molecule has 2 aliphatic heterocycles. The van der Waals surface area contributed by atoms with Crippen molar-refractivity contribution in [1.82, 2.24) is 9.80 Å². The summed E-state index contributed by atoms with van der Waals surface area (Å²) in [5, 5.41) is 0. The Balaban J connectivity index is 1.44. The van der Waals surface area contributed by atoms with E-state index in [9.17, 15) is 4.79 Å². The van der Waals surface area contributed by atoms with Gasteiger partial charge < -0.3 is 4.90 Å². The molecule has 0 aromatic heterocycles. The van der Waals surface area contributed by atoms with Gasteiger partial charge in [-0.05, 0) is 60.9 Å². The summed E-state index contributed by atoms with van der Waals surface area (Å²) in [7, 11) is 0. The fourth-order valence-electron chi connectivity index (χ4n) is 4.91. The molecule has 2 heterocycles. The maximum absolute atomic E-state index is 11.7. The molecule has 3 nitrogen and oxygen atoms in total. The van der Waals surface area contributed by atoms with E-state index in [1.54, 1.807) is 6.92 Å². The molecule has 0 N–H and O–H groups in total. The van der Waals surface area contributed by atoms with E-state index in [0.29, 0.717) is 12.0 Å². The molecule has 0 aliphatic carbocycles. The van der Waals surface area contributed by atoms with Gasteiger partial charge in [-0.3, -0.25) is 9.69 Å². The molecule has 0 spiro atoms. The molecule has 2 saturated heterocycles. The highest BCUT2D eigenvalue weighted by atomic mass is 16.2. The normalized spacial score (nSPS) is 23.1. The van der Waals surface area contributed by atoms with Crippen LogP contribution in [0.15, 0.2) is 48.5 Å². The van der Waals surface area contributed by atoms with Gasteiger partial charge in [-0.25, -0.2) is 0 Å². The fraction of sp³-hybridized carbons (Fsp3) is 0.458. The van der Waals surface area contributed by atoms with Crippen LogP contribution in [0, 0.1) is 12.8 Å². The Morgan fingerprint density at radius 1 is 1.04 bits per heavy atom. The van der Waals surface area contributed by atoms with Crippen molar-refractivity contribution in [3.8, 4) is 11.1 Å². The highest BCUT2D eigenvalue weighted by Gasteiger charge is 2.36. The average molecular weight is 363 g/mol. The second kappa shape index (κ2) is 7.85. The third kappa shape index (κ3) is 3.93. The topological polar surface area (TPSA) is 23.6 Å². The van der Waals surface area contributed by atoms with Crippen LogP contribution in [0.2, 0.25) is 0 Å². The molecule has 0 radical (unpaired) electrons. The summed E-state index contributed by atoms with van der Waals surface area (Å²) >= 11 is 0. The third-order valence-electron chi connectivity index (χ3n) is 6.42. The molecule has 2 fully saturated rings. The molecule has 1 amide bonds. The van der Waals surface area contributed by atoms with Crippen molar-refractivity contribution in [3.63, 3.8) is 0 Å². The van der Waals surface area contributed by atoms with Crippen LogP contribution in [0.25, 0.3) is 11.1 Å². The van der Waals surface area contributed by atoms with Crippen molar-refractivity contribution in [2.24, 2.45) is 5.92 Å². The Kier molecular flexibility index (Phi) is 5.31. The van der Waals surface area contributed by atoms with Gasteiger partial charge >= 0.3 is 0 Å². The number of piperidine rings is 2. The van der Waals surface area contributed by atoms with Crippen molar-refractivity contribution >= 4 is 5.91 Å². The van der Waals surface area contributed by atoms with E-state index < -0.39 is 0 Å². The lowest BCUT2D eigenvalue weighted by Gasteiger charge is -2.47. The van der Waals surface area contributed by atoms with Crippen molar-refractivity contribution in [2.75, 3.05) is 19.6 Å². The number of carbonyl (C=O) groups excluding carboxylic acids is 1. The molecule has 2 aliphatic rings. The molecule has 142 valence electrons. The van der Waals surface area contributed by atoms with Gasteiger partial charge in [0.2, 0.25) is 5.91 Å². The van der Waals surface area contributed by atoms with Crippen molar-refractivity contribution in [2.45, 2.75) is 45.7 Å². The van der Waals surface area contributed by atoms with Crippen LogP contribution in [0.3, 0.4) is 0 Å². The van der Waals surface area contributed by atoms with E-state index in [0.717, 1.165) is 26.1 Å². The Hall–Kier alpha value is -2.13. The van der Waals surface area contributed by atoms with Gasteiger partial charge in [-0.1, -0.05) is 48.5 Å². The number of aryl methyl sites for hydroxylation is 1. The summed E-state index contributed by atoms with van der Waals surface area (Å²) in [5.41, 5.74) is 5.32. The smallest absolute Gasteiger partial charge is 0.219 e. The Morgan fingerprint density at radius 2 is 1.81 bits per heavy atom. The number of likely N-dealkylation sites (tertiary alicyclic amines) is 2. The van der Waals surface area contributed by atoms with Crippen LogP contribution < -0.4 is 0 Å². The number of hydrogen-bond donors (Lipinski definition) is 0. The van der Waals surface area contributed by atoms with E-state index in [2.05, 4.69) is 60.4 Å². The lowest BCUT2D eigenvalue weighted by Crippen LogP contribution is -2.54. The highest BCUT2D eigenvalue weighted by molar-refractivity contribution is 5.73. The van der Waals surface area contributed by atoms with E-state index in [4.69, 9.17) is 0 Å². The molecule has 27 heavy (non-hydrogen) atoms. The summed E-state index contributed by atoms with van der Waals surface area (Å²) < 4.78 is 0. The maximum Gasteiger partial charge on any atom is 0.219 e. The van der Waals surface area contributed by atoms with E-state index in [1.165, 1.54) is 41.6 Å². The number of fused-ring (bicyclic) bond motifs is 1. The van der Waals surface area contributed by atoms with Crippen molar-refractivity contribution < 1.29 is 4.79 Å². The number of hydrogen-bond acceptors (Lipinski definition) is 2. The summed E-state index contributed by atoms with van der Waals surface area (Å²) in [6.45, 7) is 7.94. The standard InChI is InChI=1S/C24H30N2O/c1-18-6-3-4-8-23(18)21-11-9-20(10-12-21)16-26-14-5-7-22-17-25(19(2)27)15-13-24(22)26/h3-4,6,8-12,22,24H,5,7,13-17H2,1-2H3/t22-,24+/m1/s1. The van der Waals surface area contributed by atoms with Crippen LogP contribution in [0.4, 0.5) is 0 Å². The number of rotatable bonds is 3. The van der Waals surface area contributed by atoms with Gasteiger partial charge in [0.1, 0.15) is 0 Å². The van der Waals surface area contributed by atoms with Crippen molar-refractivity contribution in [3.05, 3.63) is 59.7 Å². The van der Waals surface area contributed by atoms with Crippen LogP contribution in [-0.4, -0.2) is 41.4 Å². The first-order chi connectivity index (χ1) is 13.1. The second-order valence-electron chi connectivity index (χ2n) is 8.21. The zero-order valence-corrected chi connectivity index (χ0v) is 16.5. The third-order valence-corrected chi connectivity index (χ3v) is 6.42. The molecule has 3 heteroatoms. The lowest BCUT2D eigenvalue weighted by molar-refractivity contribution is -0.132. The summed E-state index contributed by atoms with van der Waals surface area (Å²) in [6, 6.07) is 18.3. The Morgan fingerprint density at radius 3 is 2.56 bits per heavy atom. The molecule has 0 unspecified atom stereocenters. The zero-order chi connectivity index (χ0) is 18.8. The monoisotopic (exact) mass is 362 g/mol. The van der Waals surface area contributed by atoms with Gasteiger partial charge in [0.15, 0.2) is 0 Å². The number of nitrogens with zero attached hydrogens (tertiary/aromatic N) is 2. The number of carbonyl (C=O) groups is 1. The predicted molar refractivity (Wildman–Crippen MR) is 110 cm³/mol. The van der Waals surface area contributed by atoms with Crippen LogP contribution in [-0.2, 0) is 11.3 Å². The molecule has 2 aromatic carbocycles. The highest BCUT2D eigenvalue weighted by Crippen LogP contribution is 2.32. The quantitative estimate of drug-likeness (QED) is 0.803. The molecule has 4 rings (SSSR count). The van der Waals surface area contributed by atoms with Crippen molar-refractivity contribution in [1.29, 1.82) is 0 Å². The SMILES string of the molecule is CC(=O)N1CC[C@H]2[C@H](CCCN2Cc2ccc(-c3ccccc3C)cc2)C1. The minimum absolute atomic E-state index is 0.234. The summed E-state index contributed by atoms with van der Waals surface area (Å²) in [6.07, 6.45) is 3.62. The maximum atomic E-state index is 11.7. The van der Waals surface area contributed by atoms with Gasteiger partial charge in [0, 0.05) is 32.6 Å². The summed E-state index contributed by atoms with van der Waals surface area (Å²) in [4.78, 5) is 16.4. The molecular formula is C24H30N2O. The molecular weight excluding hydrogens is 332 g/mol. The van der Waals surface area contributed by atoms with Crippen LogP contribution in [0.5, 0.6) is 0 Å². The molecule has 0 saturated carbocycles. The van der Waals surface area contributed by atoms with Gasteiger partial charge in [-0.15, -0.1) is 0 Å². The van der Waals surface area contributed by atoms with Crippen LogP contribution >= 0.6 is 0 Å². The van der Waals surface area contributed by atoms with E-state index in [-0.39, 0.29) is 5.91 Å². The van der Waals surface area contributed by atoms with Gasteiger partial charge in [0.05, 0.1) is 0 Å². The molecule has 2 atom stereocenters. The fourth-order valence-corrected chi connectivity index (χ4v) is 4.91. The zero-order valence-electron chi connectivity index (χ0n) is 16.5. The largest absolute Gasteiger partial charge is 0.343 e. The van der Waals surface area contributed by atoms with Gasteiger partial charge in [0.25, 0.3) is 0 Å². The van der Waals surface area contributed by atoms with E-state index in [1.807, 2.05) is 4.90 Å². The first-order valence-corrected chi connectivity index (χ1v) is 10.3. The predicted octanol–water partition coefficient (Wildman–Crippen LogP) is 4.49. The van der Waals surface area contributed by atoms with Crippen LogP contribution in [0.1, 0.15) is 37.3 Å². The Labute approximate surface area is 163 Å². The van der Waals surface area contributed by atoms with Gasteiger partial charge in [-0.2, -0.15) is 0 Å². The molecule has 2 aromatic rings. The first kappa shape index (κ1) is 18.2. The Bertz CT molecular complexity index is 798.